The van der Waals surface area contributed by atoms with Crippen LogP contribution in [0.2, 0.25) is 0 Å². The number of thiophene rings is 1. The Morgan fingerprint density at radius 2 is 2.30 bits per heavy atom. The number of rotatable bonds is 5. The Labute approximate surface area is 138 Å². The smallest absolute Gasteiger partial charge is 0.208 e. The number of aliphatic hydroxyl groups excluding tert-OH is 2. The summed E-state index contributed by atoms with van der Waals surface area (Å²) in [5.74, 6) is 0.567. The Balaban J connectivity index is 1.81. The Hall–Kier alpha value is -1.83. The van der Waals surface area contributed by atoms with Gasteiger partial charge in [-0.2, -0.15) is 0 Å². The zero-order chi connectivity index (χ0) is 16.4. The first kappa shape index (κ1) is 16.0. The summed E-state index contributed by atoms with van der Waals surface area (Å²) in [7, 11) is 0. The average Bonchev–Trinajstić information content (AvgIpc) is 3.14. The summed E-state index contributed by atoms with van der Waals surface area (Å²) in [5.41, 5.74) is 1.13. The third kappa shape index (κ3) is 3.41. The van der Waals surface area contributed by atoms with Gasteiger partial charge in [0.15, 0.2) is 0 Å². The van der Waals surface area contributed by atoms with Crippen molar-refractivity contribution in [3.63, 3.8) is 0 Å². The van der Waals surface area contributed by atoms with Crippen LogP contribution < -0.4 is 5.32 Å². The van der Waals surface area contributed by atoms with E-state index in [1.165, 1.54) is 23.9 Å². The fourth-order valence-electron chi connectivity index (χ4n) is 2.86. The highest BCUT2D eigenvalue weighted by Gasteiger charge is 2.30. The van der Waals surface area contributed by atoms with Crippen molar-refractivity contribution in [1.82, 2.24) is 9.97 Å². The zero-order valence-corrected chi connectivity index (χ0v) is 13.6. The normalized spacial score (nSPS) is 23.9. The molecule has 0 saturated heterocycles. The molecule has 0 aromatic carbocycles. The molecule has 3 atom stereocenters. The van der Waals surface area contributed by atoms with Gasteiger partial charge < -0.3 is 15.5 Å². The minimum atomic E-state index is -0.321. The molecule has 7 heteroatoms. The Morgan fingerprint density at radius 1 is 1.48 bits per heavy atom. The summed E-state index contributed by atoms with van der Waals surface area (Å²) in [6.07, 6.45) is 4.07. The zero-order valence-electron chi connectivity index (χ0n) is 12.8. The van der Waals surface area contributed by atoms with Gasteiger partial charge in [0.25, 0.3) is 0 Å². The second-order valence-electron chi connectivity index (χ2n) is 5.95. The molecule has 1 saturated carbocycles. The van der Waals surface area contributed by atoms with Gasteiger partial charge in [0.2, 0.25) is 5.78 Å². The first-order valence-corrected chi connectivity index (χ1v) is 8.44. The van der Waals surface area contributed by atoms with Crippen LogP contribution >= 0.6 is 11.3 Å². The lowest BCUT2D eigenvalue weighted by molar-refractivity contribution is 0.104. The van der Waals surface area contributed by atoms with Gasteiger partial charge in [-0.1, -0.05) is 6.92 Å². The monoisotopic (exact) mass is 333 g/mol. The number of anilines is 1. The number of aromatic nitrogens is 2. The van der Waals surface area contributed by atoms with E-state index in [4.69, 9.17) is 5.11 Å². The summed E-state index contributed by atoms with van der Waals surface area (Å²) in [4.78, 5) is 21.4. The lowest BCUT2D eigenvalue weighted by Crippen LogP contribution is -2.20. The van der Waals surface area contributed by atoms with Gasteiger partial charge in [-0.3, -0.25) is 4.79 Å². The third-order valence-electron chi connectivity index (χ3n) is 4.20. The first-order chi connectivity index (χ1) is 11.1. The van der Waals surface area contributed by atoms with Crippen LogP contribution in [0.4, 0.5) is 5.82 Å². The molecule has 1 fully saturated rings. The molecule has 3 rings (SSSR count). The Kier molecular flexibility index (Phi) is 4.70. The van der Waals surface area contributed by atoms with E-state index >= 15 is 0 Å². The maximum atomic E-state index is 12.7. The van der Waals surface area contributed by atoms with E-state index < -0.39 is 0 Å². The van der Waals surface area contributed by atoms with Crippen LogP contribution in [0.15, 0.2) is 24.0 Å². The fourth-order valence-corrected chi connectivity index (χ4v) is 3.72. The van der Waals surface area contributed by atoms with Gasteiger partial charge in [-0.25, -0.2) is 9.97 Å². The number of nitrogens with zero attached hydrogens (tertiary/aromatic N) is 2. The number of carbonyl (C=O) groups is 1. The molecule has 2 heterocycles. The molecule has 1 aliphatic rings. The van der Waals surface area contributed by atoms with Gasteiger partial charge in [0.1, 0.15) is 12.1 Å². The highest BCUT2D eigenvalue weighted by atomic mass is 32.1. The van der Waals surface area contributed by atoms with E-state index in [2.05, 4.69) is 15.3 Å². The predicted molar refractivity (Wildman–Crippen MR) is 87.5 cm³/mol. The van der Waals surface area contributed by atoms with Crippen molar-refractivity contribution in [2.45, 2.75) is 38.5 Å². The van der Waals surface area contributed by atoms with Gasteiger partial charge in [-0.15, -0.1) is 11.3 Å². The Morgan fingerprint density at radius 3 is 2.96 bits per heavy atom. The maximum absolute atomic E-state index is 12.7. The fraction of sp³-hybridized carbons (Fsp3) is 0.438. The summed E-state index contributed by atoms with van der Waals surface area (Å²) in [6, 6.07) is 1.78. The topological polar surface area (TPSA) is 95.3 Å². The maximum Gasteiger partial charge on any atom is 0.208 e. The molecule has 3 N–H and O–H groups in total. The van der Waals surface area contributed by atoms with Gasteiger partial charge in [0, 0.05) is 12.2 Å². The summed E-state index contributed by atoms with van der Waals surface area (Å²) in [6.45, 7) is 1.93. The van der Waals surface area contributed by atoms with Gasteiger partial charge in [0.05, 0.1) is 23.2 Å². The van der Waals surface area contributed by atoms with Crippen molar-refractivity contribution in [2.24, 2.45) is 5.92 Å². The standard InChI is InChI=1S/C16H19N3O3S/c1-9-2-11(4-13(9)21)19-16-12(5-17-8-18-16)15(22)14-3-10(6-20)7-23-14/h3,5,7-9,11,13,20-21H,2,4,6H2,1H3,(H,17,18,19)/t9-,11-,13+/m1/s1. The molecule has 0 unspecified atom stereocenters. The van der Waals surface area contributed by atoms with E-state index in [0.717, 1.165) is 12.0 Å². The van der Waals surface area contributed by atoms with Crippen LogP contribution in [0.5, 0.6) is 0 Å². The number of carbonyl (C=O) groups excluding carboxylic acids is 1. The molecule has 0 spiro atoms. The van der Waals surface area contributed by atoms with Crippen molar-refractivity contribution in [3.8, 4) is 0 Å². The van der Waals surface area contributed by atoms with E-state index in [0.29, 0.717) is 22.7 Å². The van der Waals surface area contributed by atoms with Crippen LogP contribution in [0, 0.1) is 5.92 Å². The second-order valence-corrected chi connectivity index (χ2v) is 6.86. The van der Waals surface area contributed by atoms with Crippen LogP contribution in [-0.2, 0) is 6.61 Å². The molecular weight excluding hydrogens is 314 g/mol. The molecule has 0 amide bonds. The van der Waals surface area contributed by atoms with E-state index in [1.54, 1.807) is 11.4 Å². The molecule has 0 aliphatic heterocycles. The van der Waals surface area contributed by atoms with Crippen molar-refractivity contribution in [2.75, 3.05) is 5.32 Å². The second kappa shape index (κ2) is 6.74. The number of hydrogen-bond donors (Lipinski definition) is 3. The van der Waals surface area contributed by atoms with E-state index in [9.17, 15) is 9.90 Å². The number of aliphatic hydroxyl groups is 2. The molecule has 122 valence electrons. The van der Waals surface area contributed by atoms with Crippen molar-refractivity contribution in [3.05, 3.63) is 40.0 Å². The number of nitrogens with one attached hydrogen (secondary N) is 1. The van der Waals surface area contributed by atoms with Gasteiger partial charge in [-0.05, 0) is 35.8 Å². The number of ketones is 1. The van der Waals surface area contributed by atoms with E-state index in [1.807, 2.05) is 6.92 Å². The molecule has 6 nitrogen and oxygen atoms in total. The largest absolute Gasteiger partial charge is 0.393 e. The van der Waals surface area contributed by atoms with Gasteiger partial charge >= 0.3 is 0 Å². The molecule has 2 aromatic rings. The minimum Gasteiger partial charge on any atom is -0.393 e. The van der Waals surface area contributed by atoms with Crippen LogP contribution in [0.3, 0.4) is 0 Å². The minimum absolute atomic E-state index is 0.0853. The van der Waals surface area contributed by atoms with Crippen molar-refractivity contribution < 1.29 is 15.0 Å². The van der Waals surface area contributed by atoms with Crippen molar-refractivity contribution in [1.29, 1.82) is 0 Å². The molecule has 2 aromatic heterocycles. The number of hydrogen-bond acceptors (Lipinski definition) is 7. The molecule has 23 heavy (non-hydrogen) atoms. The summed E-state index contributed by atoms with van der Waals surface area (Å²) in [5, 5.41) is 24.0. The molecule has 1 aliphatic carbocycles. The molecule has 0 radical (unpaired) electrons. The van der Waals surface area contributed by atoms with Crippen LogP contribution in [0.25, 0.3) is 0 Å². The first-order valence-electron chi connectivity index (χ1n) is 7.56. The summed E-state index contributed by atoms with van der Waals surface area (Å²) < 4.78 is 0. The van der Waals surface area contributed by atoms with Crippen molar-refractivity contribution >= 4 is 22.9 Å². The third-order valence-corrected chi connectivity index (χ3v) is 5.17. The lowest BCUT2D eigenvalue weighted by Gasteiger charge is -2.15. The summed E-state index contributed by atoms with van der Waals surface area (Å²) >= 11 is 1.30. The van der Waals surface area contributed by atoms with E-state index in [-0.39, 0.29) is 30.5 Å². The highest BCUT2D eigenvalue weighted by molar-refractivity contribution is 7.12. The van der Waals surface area contributed by atoms with Crippen LogP contribution in [0.1, 0.15) is 40.6 Å². The molecular formula is C16H19N3O3S. The SMILES string of the molecule is C[C@@H]1C[C@@H](Nc2ncncc2C(=O)c2cc(CO)cs2)C[C@@H]1O. The van der Waals surface area contributed by atoms with Crippen LogP contribution in [-0.4, -0.2) is 38.1 Å². The Bertz CT molecular complexity index is 693. The average molecular weight is 333 g/mol. The quantitative estimate of drug-likeness (QED) is 0.723. The molecule has 0 bridgehead atoms. The highest BCUT2D eigenvalue weighted by Crippen LogP contribution is 2.29. The lowest BCUT2D eigenvalue weighted by atomic mass is 10.1. The predicted octanol–water partition coefficient (Wildman–Crippen LogP) is 1.83.